The second-order valence-electron chi connectivity index (χ2n) is 9.44. The van der Waals surface area contributed by atoms with Gasteiger partial charge in [0.05, 0.1) is 31.0 Å². The Bertz CT molecular complexity index is 1030. The number of ether oxygens (including phenoxy) is 2. The number of rotatable bonds is 7. The highest BCUT2D eigenvalue weighted by molar-refractivity contribution is 6.42. The summed E-state index contributed by atoms with van der Waals surface area (Å²) in [6.07, 6.45) is 5.95. The van der Waals surface area contributed by atoms with Crippen molar-refractivity contribution in [2.75, 3.05) is 32.2 Å². The fraction of sp³-hybridized carbons (Fsp3) is 0.583. The molecule has 3 heterocycles. The van der Waals surface area contributed by atoms with Gasteiger partial charge in [-0.1, -0.05) is 27.2 Å². The van der Waals surface area contributed by atoms with Gasteiger partial charge in [-0.2, -0.15) is 5.10 Å². The molecule has 0 radical (unpaired) electrons. The van der Waals surface area contributed by atoms with Crippen LogP contribution in [0.4, 0.5) is 5.69 Å². The quantitative estimate of drug-likeness (QED) is 0.365. The van der Waals surface area contributed by atoms with Crippen molar-refractivity contribution in [3.8, 4) is 0 Å². The van der Waals surface area contributed by atoms with Crippen LogP contribution in [0.5, 0.6) is 0 Å². The molecular formula is C24H33N3O5. The third kappa shape index (κ3) is 4.64. The van der Waals surface area contributed by atoms with Crippen LogP contribution in [0.2, 0.25) is 0 Å². The predicted octanol–water partition coefficient (Wildman–Crippen LogP) is 3.83. The minimum absolute atomic E-state index is 0.148. The van der Waals surface area contributed by atoms with Gasteiger partial charge in [0.25, 0.3) is 5.78 Å². The van der Waals surface area contributed by atoms with Gasteiger partial charge in [0.2, 0.25) is 0 Å². The van der Waals surface area contributed by atoms with E-state index in [9.17, 15) is 14.4 Å². The summed E-state index contributed by atoms with van der Waals surface area (Å²) in [5.74, 6) is -1.51. The first-order chi connectivity index (χ1) is 15.1. The minimum atomic E-state index is -0.912. The van der Waals surface area contributed by atoms with E-state index >= 15 is 0 Å². The molecule has 3 rings (SSSR count). The Balaban J connectivity index is 2.07. The number of methoxy groups -OCH3 is 2. The number of anilines is 1. The molecule has 32 heavy (non-hydrogen) atoms. The molecule has 2 aromatic rings. The molecule has 8 heteroatoms. The van der Waals surface area contributed by atoms with Crippen LogP contribution in [0.3, 0.4) is 0 Å². The summed E-state index contributed by atoms with van der Waals surface area (Å²) < 4.78 is 11.1. The molecule has 0 spiro atoms. The van der Waals surface area contributed by atoms with Crippen LogP contribution in [0.25, 0.3) is 5.52 Å². The topological polar surface area (TPSA) is 90.2 Å². The molecule has 0 unspecified atom stereocenters. The van der Waals surface area contributed by atoms with Crippen LogP contribution < -0.4 is 4.90 Å². The molecule has 1 aliphatic rings. The molecule has 1 saturated heterocycles. The highest BCUT2D eigenvalue weighted by Gasteiger charge is 2.34. The average Bonchev–Trinajstić information content (AvgIpc) is 3.19. The molecule has 0 aromatic carbocycles. The monoisotopic (exact) mass is 443 g/mol. The van der Waals surface area contributed by atoms with E-state index in [1.807, 2.05) is 0 Å². The number of esters is 2. The number of hydrogen-bond donors (Lipinski definition) is 0. The largest absolute Gasteiger partial charge is 0.464 e. The highest BCUT2D eigenvalue weighted by Crippen LogP contribution is 2.40. The zero-order valence-corrected chi connectivity index (χ0v) is 19.9. The Hall–Kier alpha value is -2.90. The summed E-state index contributed by atoms with van der Waals surface area (Å²) >= 11 is 0. The Morgan fingerprint density at radius 3 is 2.38 bits per heavy atom. The third-order valence-electron chi connectivity index (χ3n) is 6.53. The summed E-state index contributed by atoms with van der Waals surface area (Å²) in [5, 5.41) is 4.33. The lowest BCUT2D eigenvalue weighted by atomic mass is 9.75. The molecule has 1 fully saturated rings. The van der Waals surface area contributed by atoms with E-state index in [1.54, 1.807) is 23.7 Å². The van der Waals surface area contributed by atoms with Crippen LogP contribution in [-0.4, -0.2) is 54.6 Å². The number of piperidine rings is 1. The first kappa shape index (κ1) is 23.8. The van der Waals surface area contributed by atoms with E-state index < -0.39 is 17.7 Å². The highest BCUT2D eigenvalue weighted by atomic mass is 16.5. The van der Waals surface area contributed by atoms with E-state index in [1.165, 1.54) is 20.6 Å². The first-order valence-corrected chi connectivity index (χ1v) is 11.1. The van der Waals surface area contributed by atoms with Gasteiger partial charge in [0.15, 0.2) is 5.69 Å². The minimum Gasteiger partial charge on any atom is -0.464 e. The summed E-state index contributed by atoms with van der Waals surface area (Å²) in [6.45, 7) is 10.1. The van der Waals surface area contributed by atoms with Crippen molar-refractivity contribution in [2.24, 2.45) is 11.3 Å². The Kier molecular flexibility index (Phi) is 6.91. The van der Waals surface area contributed by atoms with Gasteiger partial charge in [-0.05, 0) is 43.1 Å². The van der Waals surface area contributed by atoms with Crippen LogP contribution in [0.15, 0.2) is 12.3 Å². The smallest absolute Gasteiger partial charge is 0.379 e. The lowest BCUT2D eigenvalue weighted by Crippen LogP contribution is -2.40. The molecular weight excluding hydrogens is 410 g/mol. The number of hydrogen-bond acceptors (Lipinski definition) is 7. The van der Waals surface area contributed by atoms with Crippen molar-refractivity contribution in [3.63, 3.8) is 0 Å². The molecule has 1 aliphatic heterocycles. The van der Waals surface area contributed by atoms with E-state index in [0.29, 0.717) is 28.2 Å². The zero-order chi connectivity index (χ0) is 23.6. The number of aromatic nitrogens is 2. The van der Waals surface area contributed by atoms with Crippen molar-refractivity contribution in [2.45, 2.75) is 53.4 Å². The second kappa shape index (κ2) is 9.30. The van der Waals surface area contributed by atoms with Crippen LogP contribution in [0, 0.1) is 18.3 Å². The predicted molar refractivity (Wildman–Crippen MR) is 121 cm³/mol. The molecule has 0 bridgehead atoms. The maximum absolute atomic E-state index is 13.0. The fourth-order valence-electron chi connectivity index (χ4n) is 4.40. The SMILES string of the molecule is COC(=O)C(=O)c1c(C)cn2nc(C(=O)OC)cc2c1N1CCC(C)(CCC(C)C)CC1. The number of nitrogens with zero attached hydrogens (tertiary/aromatic N) is 3. The van der Waals surface area contributed by atoms with Crippen LogP contribution in [0.1, 0.15) is 72.9 Å². The van der Waals surface area contributed by atoms with Crippen molar-refractivity contribution in [3.05, 3.63) is 29.1 Å². The summed E-state index contributed by atoms with van der Waals surface area (Å²) in [4.78, 5) is 39.4. The molecule has 0 N–H and O–H groups in total. The summed E-state index contributed by atoms with van der Waals surface area (Å²) in [7, 11) is 2.50. The Morgan fingerprint density at radius 1 is 1.16 bits per heavy atom. The van der Waals surface area contributed by atoms with Crippen molar-refractivity contribution < 1.29 is 23.9 Å². The van der Waals surface area contributed by atoms with E-state index in [2.05, 4.69) is 30.8 Å². The van der Waals surface area contributed by atoms with Gasteiger partial charge in [0, 0.05) is 25.4 Å². The number of carbonyl (C=O) groups excluding carboxylic acids is 3. The van der Waals surface area contributed by atoms with Crippen LogP contribution >= 0.6 is 0 Å². The standard InChI is InChI=1S/C24H33N3O5/c1-15(2)7-8-24(4)9-11-26(12-10-24)20-18-13-17(22(29)31-5)25-27(18)14-16(3)19(20)21(28)23(30)32-6/h13-15H,7-12H2,1-6H3. The average molecular weight is 444 g/mol. The van der Waals surface area contributed by atoms with Gasteiger partial charge in [-0.3, -0.25) is 4.79 Å². The summed E-state index contributed by atoms with van der Waals surface area (Å²) in [5.41, 5.74) is 2.49. The molecule has 8 nitrogen and oxygen atoms in total. The molecule has 0 amide bonds. The van der Waals surface area contributed by atoms with Crippen molar-refractivity contribution in [1.29, 1.82) is 0 Å². The number of Topliss-reactive ketones (excluding diaryl/α,β-unsaturated/α-hetero) is 1. The third-order valence-corrected chi connectivity index (χ3v) is 6.53. The molecule has 0 atom stereocenters. The van der Waals surface area contributed by atoms with Gasteiger partial charge in [-0.25, -0.2) is 14.1 Å². The fourth-order valence-corrected chi connectivity index (χ4v) is 4.40. The normalized spacial score (nSPS) is 15.8. The maximum atomic E-state index is 13.0. The van der Waals surface area contributed by atoms with Gasteiger partial charge < -0.3 is 14.4 Å². The van der Waals surface area contributed by atoms with E-state index in [-0.39, 0.29) is 11.1 Å². The van der Waals surface area contributed by atoms with Gasteiger partial charge in [-0.15, -0.1) is 0 Å². The van der Waals surface area contributed by atoms with Gasteiger partial charge in [0.1, 0.15) is 0 Å². The molecule has 0 aliphatic carbocycles. The molecule has 0 saturated carbocycles. The van der Waals surface area contributed by atoms with Crippen molar-refractivity contribution in [1.82, 2.24) is 9.61 Å². The lowest BCUT2D eigenvalue weighted by Gasteiger charge is -2.41. The van der Waals surface area contributed by atoms with E-state index in [4.69, 9.17) is 9.47 Å². The van der Waals surface area contributed by atoms with E-state index in [0.717, 1.165) is 32.4 Å². The van der Waals surface area contributed by atoms with Gasteiger partial charge >= 0.3 is 11.9 Å². The number of ketones is 1. The number of pyridine rings is 1. The maximum Gasteiger partial charge on any atom is 0.379 e. The lowest BCUT2D eigenvalue weighted by molar-refractivity contribution is -0.135. The second-order valence-corrected chi connectivity index (χ2v) is 9.44. The Morgan fingerprint density at radius 2 is 1.81 bits per heavy atom. The number of carbonyl (C=O) groups is 3. The summed E-state index contributed by atoms with van der Waals surface area (Å²) in [6, 6.07) is 1.61. The Labute approximate surface area is 188 Å². The number of fused-ring (bicyclic) bond motifs is 1. The molecule has 174 valence electrons. The first-order valence-electron chi connectivity index (χ1n) is 11.1. The van der Waals surface area contributed by atoms with Crippen LogP contribution in [-0.2, 0) is 14.3 Å². The zero-order valence-electron chi connectivity index (χ0n) is 19.9. The number of aryl methyl sites for hydroxylation is 1. The molecule has 2 aromatic heterocycles. The van der Waals surface area contributed by atoms with Crippen molar-refractivity contribution >= 4 is 28.9 Å².